The topological polar surface area (TPSA) is 130 Å². The number of carboxylic acids is 1. The van der Waals surface area contributed by atoms with E-state index < -0.39 is 34.5 Å². The lowest BCUT2D eigenvalue weighted by atomic mass is 10.1. The molecule has 10 heteroatoms. The number of amides is 2. The standard InChI is InChI=1S/C17H21N3O7/c1-17(2,3)27-16(24)18-8-9-19(13(10-18)15(22)23)14(21)11-4-6-12(7-5-11)20(25)26/h4-7,13H,8-10H2,1-3H3,(H,22,23). The van der Waals surface area contributed by atoms with E-state index >= 15 is 0 Å². The number of rotatable bonds is 3. The Morgan fingerprint density at radius 1 is 1.19 bits per heavy atom. The minimum absolute atomic E-state index is 0.00598. The molecule has 1 saturated heterocycles. The summed E-state index contributed by atoms with van der Waals surface area (Å²) >= 11 is 0. The van der Waals surface area contributed by atoms with Gasteiger partial charge in [0.15, 0.2) is 0 Å². The zero-order chi connectivity index (χ0) is 20.4. The van der Waals surface area contributed by atoms with Crippen molar-refractivity contribution in [2.24, 2.45) is 0 Å². The Hall–Kier alpha value is -3.17. The molecule has 1 aromatic rings. The van der Waals surface area contributed by atoms with Crippen molar-refractivity contribution in [3.8, 4) is 0 Å². The highest BCUT2D eigenvalue weighted by atomic mass is 16.6. The number of nitro benzene ring substituents is 1. The Morgan fingerprint density at radius 3 is 2.26 bits per heavy atom. The van der Waals surface area contributed by atoms with Crippen LogP contribution in [-0.2, 0) is 9.53 Å². The highest BCUT2D eigenvalue weighted by Crippen LogP contribution is 2.19. The largest absolute Gasteiger partial charge is 0.480 e. The Morgan fingerprint density at radius 2 is 1.78 bits per heavy atom. The molecule has 2 amide bonds. The molecule has 1 aliphatic rings. The molecule has 27 heavy (non-hydrogen) atoms. The van der Waals surface area contributed by atoms with Crippen LogP contribution < -0.4 is 0 Å². The van der Waals surface area contributed by atoms with Crippen LogP contribution in [0.4, 0.5) is 10.5 Å². The van der Waals surface area contributed by atoms with Crippen molar-refractivity contribution < 1.29 is 29.2 Å². The van der Waals surface area contributed by atoms with Gasteiger partial charge in [0, 0.05) is 30.8 Å². The number of aliphatic carboxylic acids is 1. The van der Waals surface area contributed by atoms with E-state index in [0.29, 0.717) is 0 Å². The monoisotopic (exact) mass is 379 g/mol. The lowest BCUT2D eigenvalue weighted by Gasteiger charge is -2.39. The van der Waals surface area contributed by atoms with Crippen LogP contribution in [0.25, 0.3) is 0 Å². The average molecular weight is 379 g/mol. The number of carboxylic acid groups (broad SMARTS) is 1. The summed E-state index contributed by atoms with van der Waals surface area (Å²) in [6.07, 6.45) is -0.642. The van der Waals surface area contributed by atoms with Gasteiger partial charge in [0.25, 0.3) is 11.6 Å². The number of carbonyl (C=O) groups is 3. The number of hydrogen-bond acceptors (Lipinski definition) is 6. The molecule has 0 aliphatic carbocycles. The van der Waals surface area contributed by atoms with Crippen molar-refractivity contribution in [3.63, 3.8) is 0 Å². The number of hydrogen-bond donors (Lipinski definition) is 1. The van der Waals surface area contributed by atoms with Crippen LogP contribution in [0.2, 0.25) is 0 Å². The fraction of sp³-hybridized carbons (Fsp3) is 0.471. The summed E-state index contributed by atoms with van der Waals surface area (Å²) in [5, 5.41) is 20.2. The van der Waals surface area contributed by atoms with Gasteiger partial charge < -0.3 is 19.6 Å². The summed E-state index contributed by atoms with van der Waals surface area (Å²) in [5.74, 6) is -1.82. The third kappa shape index (κ3) is 4.93. The Balaban J connectivity index is 2.15. The van der Waals surface area contributed by atoms with Crippen LogP contribution >= 0.6 is 0 Å². The maximum atomic E-state index is 12.7. The lowest BCUT2D eigenvalue weighted by Crippen LogP contribution is -2.59. The molecule has 0 bridgehead atoms. The number of piperazine rings is 1. The molecule has 1 aromatic carbocycles. The summed E-state index contributed by atoms with van der Waals surface area (Å²) in [4.78, 5) is 49.0. The van der Waals surface area contributed by atoms with Crippen molar-refractivity contribution in [1.29, 1.82) is 0 Å². The van der Waals surface area contributed by atoms with Crippen molar-refractivity contribution in [3.05, 3.63) is 39.9 Å². The number of nitro groups is 1. The predicted molar refractivity (Wildman–Crippen MR) is 93.4 cm³/mol. The zero-order valence-electron chi connectivity index (χ0n) is 15.2. The van der Waals surface area contributed by atoms with Gasteiger partial charge in [-0.3, -0.25) is 14.9 Å². The van der Waals surface area contributed by atoms with Crippen molar-refractivity contribution >= 4 is 23.7 Å². The second-order valence-corrected chi connectivity index (χ2v) is 7.08. The van der Waals surface area contributed by atoms with Gasteiger partial charge in [0.1, 0.15) is 11.6 Å². The molecule has 1 aliphatic heterocycles. The Bertz CT molecular complexity index is 755. The quantitative estimate of drug-likeness (QED) is 0.625. The van der Waals surface area contributed by atoms with E-state index in [0.717, 1.165) is 4.90 Å². The first kappa shape index (κ1) is 20.1. The summed E-state index contributed by atoms with van der Waals surface area (Å²) in [7, 11) is 0. The normalized spacial score (nSPS) is 17.4. The van der Waals surface area contributed by atoms with Gasteiger partial charge in [-0.2, -0.15) is 0 Å². The molecule has 1 unspecified atom stereocenters. The zero-order valence-corrected chi connectivity index (χ0v) is 15.2. The molecular formula is C17H21N3O7. The lowest BCUT2D eigenvalue weighted by molar-refractivity contribution is -0.384. The number of carbonyl (C=O) groups excluding carboxylic acids is 2. The minimum Gasteiger partial charge on any atom is -0.480 e. The van der Waals surface area contributed by atoms with Crippen LogP contribution in [0.15, 0.2) is 24.3 Å². The van der Waals surface area contributed by atoms with E-state index in [1.807, 2.05) is 0 Å². The first-order valence-electron chi connectivity index (χ1n) is 8.26. The van der Waals surface area contributed by atoms with Gasteiger partial charge in [-0.25, -0.2) is 9.59 Å². The maximum Gasteiger partial charge on any atom is 0.410 e. The first-order valence-corrected chi connectivity index (χ1v) is 8.26. The fourth-order valence-electron chi connectivity index (χ4n) is 2.62. The molecule has 1 N–H and O–H groups in total. The van der Waals surface area contributed by atoms with E-state index in [-0.39, 0.29) is 30.9 Å². The maximum absolute atomic E-state index is 12.7. The molecule has 0 saturated carbocycles. The van der Waals surface area contributed by atoms with Gasteiger partial charge in [0.2, 0.25) is 0 Å². The Kier molecular flexibility index (Phi) is 5.67. The van der Waals surface area contributed by atoms with Crippen molar-refractivity contribution in [2.75, 3.05) is 19.6 Å². The van der Waals surface area contributed by atoms with Crippen molar-refractivity contribution in [1.82, 2.24) is 9.80 Å². The Labute approximate surface area is 155 Å². The molecule has 0 radical (unpaired) electrons. The third-order valence-corrected chi connectivity index (χ3v) is 3.90. The minimum atomic E-state index is -1.25. The highest BCUT2D eigenvalue weighted by molar-refractivity contribution is 5.97. The summed E-state index contributed by atoms with van der Waals surface area (Å²) < 4.78 is 5.25. The summed E-state index contributed by atoms with van der Waals surface area (Å²) in [6, 6.07) is 3.67. The second kappa shape index (κ2) is 7.60. The van der Waals surface area contributed by atoms with Gasteiger partial charge in [-0.05, 0) is 32.9 Å². The van der Waals surface area contributed by atoms with E-state index in [1.54, 1.807) is 20.8 Å². The number of nitrogens with zero attached hydrogens (tertiary/aromatic N) is 3. The predicted octanol–water partition coefficient (Wildman–Crippen LogP) is 1.74. The first-order chi connectivity index (χ1) is 12.5. The molecule has 0 aromatic heterocycles. The van der Waals surface area contributed by atoms with Crippen LogP contribution in [0.5, 0.6) is 0 Å². The average Bonchev–Trinajstić information content (AvgIpc) is 2.59. The molecule has 10 nitrogen and oxygen atoms in total. The van der Waals surface area contributed by atoms with Gasteiger partial charge in [-0.15, -0.1) is 0 Å². The second-order valence-electron chi connectivity index (χ2n) is 7.08. The summed E-state index contributed by atoms with van der Waals surface area (Å²) in [5.41, 5.74) is -0.754. The number of ether oxygens (including phenoxy) is 1. The number of benzene rings is 1. The molecule has 146 valence electrons. The fourth-order valence-corrected chi connectivity index (χ4v) is 2.62. The third-order valence-electron chi connectivity index (χ3n) is 3.90. The molecule has 1 atom stereocenters. The van der Waals surface area contributed by atoms with Crippen LogP contribution in [-0.4, -0.2) is 69.1 Å². The SMILES string of the molecule is CC(C)(C)OC(=O)N1CCN(C(=O)c2ccc([N+](=O)[O-])cc2)C(C(=O)O)C1. The molecule has 0 spiro atoms. The summed E-state index contributed by atoms with van der Waals surface area (Å²) in [6.45, 7) is 5.03. The van der Waals surface area contributed by atoms with Crippen molar-refractivity contribution in [2.45, 2.75) is 32.4 Å². The van der Waals surface area contributed by atoms with Gasteiger partial charge >= 0.3 is 12.1 Å². The molecule has 1 heterocycles. The van der Waals surface area contributed by atoms with Crippen LogP contribution in [0.1, 0.15) is 31.1 Å². The van der Waals surface area contributed by atoms with E-state index in [9.17, 15) is 29.6 Å². The van der Waals surface area contributed by atoms with Crippen LogP contribution in [0.3, 0.4) is 0 Å². The molecule has 2 rings (SSSR count). The molecular weight excluding hydrogens is 358 g/mol. The van der Waals surface area contributed by atoms with E-state index in [1.165, 1.54) is 29.2 Å². The van der Waals surface area contributed by atoms with Gasteiger partial charge in [0.05, 0.1) is 11.5 Å². The van der Waals surface area contributed by atoms with E-state index in [4.69, 9.17) is 4.74 Å². The van der Waals surface area contributed by atoms with E-state index in [2.05, 4.69) is 0 Å². The molecule has 1 fully saturated rings. The highest BCUT2D eigenvalue weighted by Gasteiger charge is 2.38. The van der Waals surface area contributed by atoms with Crippen LogP contribution in [0, 0.1) is 10.1 Å². The number of non-ortho nitro benzene ring substituents is 1. The van der Waals surface area contributed by atoms with Gasteiger partial charge in [-0.1, -0.05) is 0 Å². The smallest absolute Gasteiger partial charge is 0.410 e.